The summed E-state index contributed by atoms with van der Waals surface area (Å²) in [6, 6.07) is 12.1. The van der Waals surface area contributed by atoms with Gasteiger partial charge in [-0.3, -0.25) is 4.79 Å². The molecule has 2 aromatic heterocycles. The maximum absolute atomic E-state index is 11.8. The van der Waals surface area contributed by atoms with Gasteiger partial charge in [0.2, 0.25) is 5.91 Å². The lowest BCUT2D eigenvalue weighted by Crippen LogP contribution is -2.25. The van der Waals surface area contributed by atoms with Crippen LogP contribution in [0.5, 0.6) is 0 Å². The quantitative estimate of drug-likeness (QED) is 0.684. The first-order chi connectivity index (χ1) is 11.3. The number of carbonyl (C=O) groups excluding carboxylic acids is 1. The highest BCUT2D eigenvalue weighted by Gasteiger charge is 2.01. The third-order valence-corrected chi connectivity index (χ3v) is 4.53. The van der Waals surface area contributed by atoms with E-state index in [0.717, 1.165) is 17.0 Å². The van der Waals surface area contributed by atoms with E-state index in [2.05, 4.69) is 28.1 Å². The van der Waals surface area contributed by atoms with Gasteiger partial charge < -0.3 is 15.0 Å². The number of para-hydroxylation sites is 1. The summed E-state index contributed by atoms with van der Waals surface area (Å²) in [7, 11) is 0. The van der Waals surface area contributed by atoms with Gasteiger partial charge in [0.05, 0.1) is 6.61 Å². The van der Waals surface area contributed by atoms with E-state index in [0.29, 0.717) is 6.54 Å². The van der Waals surface area contributed by atoms with E-state index in [9.17, 15) is 4.79 Å². The molecule has 0 unspecified atom stereocenters. The molecule has 0 aliphatic rings. The van der Waals surface area contributed by atoms with Crippen molar-refractivity contribution in [3.8, 4) is 0 Å². The Labute approximate surface area is 138 Å². The molecular weight excluding hydrogens is 308 g/mol. The molecule has 0 aliphatic heterocycles. The Morgan fingerprint density at radius 2 is 2.17 bits per heavy atom. The van der Waals surface area contributed by atoms with Gasteiger partial charge in [-0.2, -0.15) is 0 Å². The van der Waals surface area contributed by atoms with Crippen LogP contribution in [0.4, 0.5) is 0 Å². The number of hydrogen-bond acceptors (Lipinski definition) is 3. The van der Waals surface area contributed by atoms with E-state index in [1.54, 1.807) is 6.08 Å². The van der Waals surface area contributed by atoms with E-state index in [1.165, 1.54) is 28.3 Å². The van der Waals surface area contributed by atoms with Crippen LogP contribution >= 0.6 is 11.3 Å². The number of fused-ring (bicyclic) bond motifs is 1. The van der Waals surface area contributed by atoms with Crippen molar-refractivity contribution in [2.45, 2.75) is 13.2 Å². The standard InChI is InChI=1S/C18H18N2O2S/c21-12-14-11-16(23-13-14)5-6-18(22)19-8-10-20-9-7-15-3-1-2-4-17(15)20/h1-7,9,11,13,21H,8,10,12H2,(H,19,22). The topological polar surface area (TPSA) is 54.3 Å². The van der Waals surface area contributed by atoms with Crippen molar-refractivity contribution < 1.29 is 9.90 Å². The number of carbonyl (C=O) groups is 1. The number of nitrogens with zero attached hydrogens (tertiary/aromatic N) is 1. The smallest absolute Gasteiger partial charge is 0.244 e. The first kappa shape index (κ1) is 15.5. The van der Waals surface area contributed by atoms with Crippen LogP contribution in [0.15, 0.2) is 54.1 Å². The molecule has 0 fully saturated rings. The number of rotatable bonds is 6. The first-order valence-corrected chi connectivity index (χ1v) is 8.32. The third kappa shape index (κ3) is 3.88. The third-order valence-electron chi connectivity index (χ3n) is 3.59. The molecule has 0 spiro atoms. The van der Waals surface area contributed by atoms with Crippen molar-refractivity contribution in [2.75, 3.05) is 6.54 Å². The second-order valence-corrected chi connectivity index (χ2v) is 6.15. The van der Waals surface area contributed by atoms with Crippen molar-refractivity contribution in [3.05, 3.63) is 64.5 Å². The van der Waals surface area contributed by atoms with Gasteiger partial charge in [-0.25, -0.2) is 0 Å². The summed E-state index contributed by atoms with van der Waals surface area (Å²) in [6.45, 7) is 1.34. The van der Waals surface area contributed by atoms with E-state index in [4.69, 9.17) is 5.11 Å². The van der Waals surface area contributed by atoms with E-state index in [1.807, 2.05) is 29.8 Å². The number of amides is 1. The molecule has 23 heavy (non-hydrogen) atoms. The molecule has 2 heterocycles. The summed E-state index contributed by atoms with van der Waals surface area (Å²) >= 11 is 1.51. The molecule has 0 atom stereocenters. The lowest BCUT2D eigenvalue weighted by atomic mass is 10.2. The number of thiophene rings is 1. The summed E-state index contributed by atoms with van der Waals surface area (Å²) in [6.07, 6.45) is 5.33. The fourth-order valence-electron chi connectivity index (χ4n) is 2.42. The highest BCUT2D eigenvalue weighted by Crippen LogP contribution is 2.16. The first-order valence-electron chi connectivity index (χ1n) is 7.44. The highest BCUT2D eigenvalue weighted by atomic mass is 32.1. The fraction of sp³-hybridized carbons (Fsp3) is 0.167. The summed E-state index contributed by atoms with van der Waals surface area (Å²) < 4.78 is 2.13. The van der Waals surface area contributed by atoms with Crippen molar-refractivity contribution in [3.63, 3.8) is 0 Å². The van der Waals surface area contributed by atoms with Crippen LogP contribution in [-0.4, -0.2) is 22.1 Å². The molecule has 0 saturated carbocycles. The molecule has 1 aromatic carbocycles. The Morgan fingerprint density at radius 1 is 1.30 bits per heavy atom. The van der Waals surface area contributed by atoms with Crippen molar-refractivity contribution in [2.24, 2.45) is 0 Å². The lowest BCUT2D eigenvalue weighted by Gasteiger charge is -2.06. The van der Waals surface area contributed by atoms with Crippen molar-refractivity contribution in [1.29, 1.82) is 0 Å². The molecule has 4 nitrogen and oxygen atoms in total. The summed E-state index contributed by atoms with van der Waals surface area (Å²) in [4.78, 5) is 12.8. The minimum Gasteiger partial charge on any atom is -0.392 e. The Bertz CT molecular complexity index is 832. The second kappa shape index (κ2) is 7.26. The molecular formula is C18H18N2O2S. The average molecular weight is 326 g/mol. The predicted molar refractivity (Wildman–Crippen MR) is 94.2 cm³/mol. The zero-order valence-electron chi connectivity index (χ0n) is 12.6. The second-order valence-electron chi connectivity index (χ2n) is 5.21. The molecule has 0 aliphatic carbocycles. The van der Waals surface area contributed by atoms with Gasteiger partial charge in [-0.15, -0.1) is 11.3 Å². The monoisotopic (exact) mass is 326 g/mol. The van der Waals surface area contributed by atoms with Gasteiger partial charge in [0, 0.05) is 35.8 Å². The van der Waals surface area contributed by atoms with Crippen LogP contribution in [0.3, 0.4) is 0 Å². The molecule has 118 valence electrons. The van der Waals surface area contributed by atoms with Gasteiger partial charge >= 0.3 is 0 Å². The molecule has 3 aromatic rings. The summed E-state index contributed by atoms with van der Waals surface area (Å²) in [5, 5.41) is 15.0. The summed E-state index contributed by atoms with van der Waals surface area (Å²) in [5.41, 5.74) is 2.04. The fourth-order valence-corrected chi connectivity index (χ4v) is 3.21. The number of aliphatic hydroxyl groups is 1. The Kier molecular flexibility index (Phi) is 4.90. The number of aromatic nitrogens is 1. The molecule has 3 rings (SSSR count). The van der Waals surface area contributed by atoms with Crippen LogP contribution in [0, 0.1) is 0 Å². The van der Waals surface area contributed by atoms with E-state index < -0.39 is 0 Å². The van der Waals surface area contributed by atoms with E-state index in [-0.39, 0.29) is 12.5 Å². The minimum absolute atomic E-state index is 0.0291. The van der Waals surface area contributed by atoms with Crippen LogP contribution in [0.2, 0.25) is 0 Å². The molecule has 2 N–H and O–H groups in total. The van der Waals surface area contributed by atoms with Gasteiger partial charge in [-0.1, -0.05) is 18.2 Å². The van der Waals surface area contributed by atoms with Crippen molar-refractivity contribution >= 4 is 34.2 Å². The number of aliphatic hydroxyl groups excluding tert-OH is 1. The maximum Gasteiger partial charge on any atom is 0.244 e. The van der Waals surface area contributed by atoms with Crippen LogP contribution in [0.1, 0.15) is 10.4 Å². The number of nitrogens with one attached hydrogen (secondary N) is 1. The summed E-state index contributed by atoms with van der Waals surface area (Å²) in [5.74, 6) is -0.111. The molecule has 1 amide bonds. The van der Waals surface area contributed by atoms with Crippen molar-refractivity contribution in [1.82, 2.24) is 9.88 Å². The number of hydrogen-bond donors (Lipinski definition) is 2. The highest BCUT2D eigenvalue weighted by molar-refractivity contribution is 7.11. The Hall–Kier alpha value is -2.37. The largest absolute Gasteiger partial charge is 0.392 e. The van der Waals surface area contributed by atoms with E-state index >= 15 is 0 Å². The Morgan fingerprint density at radius 3 is 3.00 bits per heavy atom. The van der Waals surface area contributed by atoms with Crippen LogP contribution in [-0.2, 0) is 17.9 Å². The van der Waals surface area contributed by atoms with Gasteiger partial charge in [-0.05, 0) is 40.6 Å². The molecule has 5 heteroatoms. The molecule has 0 bridgehead atoms. The molecule has 0 saturated heterocycles. The normalized spacial score (nSPS) is 11.3. The van der Waals surface area contributed by atoms with Gasteiger partial charge in [0.25, 0.3) is 0 Å². The van der Waals surface area contributed by atoms with Gasteiger partial charge in [0.1, 0.15) is 0 Å². The SMILES string of the molecule is O=C(C=Cc1cc(CO)cs1)NCCn1ccc2ccccc21. The number of benzene rings is 1. The predicted octanol–water partition coefficient (Wildman–Crippen LogP) is 3.02. The average Bonchev–Trinajstić information content (AvgIpc) is 3.20. The zero-order valence-corrected chi connectivity index (χ0v) is 13.4. The maximum atomic E-state index is 11.8. The zero-order chi connectivity index (χ0) is 16.1. The van der Waals surface area contributed by atoms with Gasteiger partial charge in [0.15, 0.2) is 0 Å². The molecule has 0 radical (unpaired) electrons. The van der Waals surface area contributed by atoms with Crippen LogP contribution < -0.4 is 5.32 Å². The lowest BCUT2D eigenvalue weighted by molar-refractivity contribution is -0.116. The Balaban J connectivity index is 1.51. The van der Waals surface area contributed by atoms with Crippen LogP contribution in [0.25, 0.3) is 17.0 Å². The minimum atomic E-state index is -0.111.